The number of nitrogens with zero attached hydrogens (tertiary/aromatic N) is 2. The van der Waals surface area contributed by atoms with Gasteiger partial charge in [-0.2, -0.15) is 0 Å². The number of hydrogen-bond acceptors (Lipinski definition) is 1. The van der Waals surface area contributed by atoms with Crippen LogP contribution in [-0.2, 0) is 17.6 Å². The molecule has 1 amide bonds. The highest BCUT2D eigenvalue weighted by Gasteiger charge is 2.31. The molecule has 0 N–H and O–H groups in total. The Morgan fingerprint density at radius 3 is 2.12 bits per heavy atom. The fourth-order valence-electron chi connectivity index (χ4n) is 3.54. The molecule has 1 heterocycles. The van der Waals surface area contributed by atoms with E-state index in [2.05, 4.69) is 29.1 Å². The van der Waals surface area contributed by atoms with Gasteiger partial charge >= 0.3 is 11.9 Å². The highest BCUT2D eigenvalue weighted by molar-refractivity contribution is 5.84. The summed E-state index contributed by atoms with van der Waals surface area (Å²) in [5.41, 5.74) is 2.42. The summed E-state index contributed by atoms with van der Waals surface area (Å²) in [5, 5.41) is 0. The van der Waals surface area contributed by atoms with Crippen LogP contribution < -0.4 is 0 Å². The van der Waals surface area contributed by atoms with Crippen LogP contribution in [0.4, 0.5) is 0 Å². The molecule has 128 valence electrons. The van der Waals surface area contributed by atoms with Gasteiger partial charge in [0.15, 0.2) is 0 Å². The lowest BCUT2D eigenvalue weighted by molar-refractivity contribution is -0.133. The van der Waals surface area contributed by atoms with Crippen LogP contribution in [0.5, 0.6) is 0 Å². The third-order valence-electron chi connectivity index (χ3n) is 5.01. The van der Waals surface area contributed by atoms with Crippen LogP contribution in [0, 0.1) is 12.5 Å². The number of hydrogen-bond donors (Lipinski definition) is 0. The molecule has 1 saturated heterocycles. The highest BCUT2D eigenvalue weighted by Crippen LogP contribution is 2.23. The first-order chi connectivity index (χ1) is 12.3. The van der Waals surface area contributed by atoms with Crippen molar-refractivity contribution >= 4 is 5.91 Å². The SMILES string of the molecule is [C-]#[N+][C@H](Cc1ccccc1)C(=O)N1CCC(Cc2ccccc2)CC1. The van der Waals surface area contributed by atoms with E-state index in [9.17, 15) is 4.79 Å². The Hall–Kier alpha value is -2.60. The van der Waals surface area contributed by atoms with E-state index < -0.39 is 6.04 Å². The van der Waals surface area contributed by atoms with Crippen LogP contribution >= 0.6 is 0 Å². The first-order valence-corrected chi connectivity index (χ1v) is 8.99. The smallest absolute Gasteiger partial charge is 0.306 e. The van der Waals surface area contributed by atoms with Gasteiger partial charge in [-0.15, -0.1) is 0 Å². The van der Waals surface area contributed by atoms with Crippen LogP contribution in [0.3, 0.4) is 0 Å². The summed E-state index contributed by atoms with van der Waals surface area (Å²) in [7, 11) is 0. The minimum Gasteiger partial charge on any atom is -0.336 e. The molecule has 0 unspecified atom stereocenters. The Balaban J connectivity index is 1.53. The molecule has 0 saturated carbocycles. The molecular weight excluding hydrogens is 308 g/mol. The van der Waals surface area contributed by atoms with Gasteiger partial charge in [0.05, 0.1) is 6.42 Å². The normalized spacial score (nSPS) is 16.2. The van der Waals surface area contributed by atoms with E-state index in [1.807, 2.05) is 41.3 Å². The molecule has 3 rings (SSSR count). The van der Waals surface area contributed by atoms with Crippen molar-refractivity contribution in [3.63, 3.8) is 0 Å². The number of carbonyl (C=O) groups excluding carboxylic acids is 1. The molecule has 0 spiro atoms. The van der Waals surface area contributed by atoms with Gasteiger partial charge in [-0.1, -0.05) is 60.7 Å². The van der Waals surface area contributed by atoms with Gasteiger partial charge in [0.25, 0.3) is 0 Å². The molecule has 0 aliphatic carbocycles. The maximum absolute atomic E-state index is 12.7. The van der Waals surface area contributed by atoms with E-state index in [-0.39, 0.29) is 5.91 Å². The van der Waals surface area contributed by atoms with E-state index in [0.717, 1.165) is 37.9 Å². The van der Waals surface area contributed by atoms with Gasteiger partial charge in [0.2, 0.25) is 0 Å². The molecule has 3 nitrogen and oxygen atoms in total. The van der Waals surface area contributed by atoms with E-state index in [4.69, 9.17) is 6.57 Å². The van der Waals surface area contributed by atoms with Crippen molar-refractivity contribution in [2.75, 3.05) is 13.1 Å². The molecule has 0 aromatic heterocycles. The largest absolute Gasteiger partial charge is 0.336 e. The van der Waals surface area contributed by atoms with Gasteiger partial charge in [-0.25, -0.2) is 6.57 Å². The van der Waals surface area contributed by atoms with Crippen molar-refractivity contribution < 1.29 is 4.79 Å². The third-order valence-corrected chi connectivity index (χ3v) is 5.01. The van der Waals surface area contributed by atoms with Crippen molar-refractivity contribution in [1.82, 2.24) is 4.90 Å². The monoisotopic (exact) mass is 332 g/mol. The maximum atomic E-state index is 12.7. The second-order valence-corrected chi connectivity index (χ2v) is 6.79. The van der Waals surface area contributed by atoms with E-state index in [1.54, 1.807) is 0 Å². The summed E-state index contributed by atoms with van der Waals surface area (Å²) in [6.45, 7) is 8.97. The summed E-state index contributed by atoms with van der Waals surface area (Å²) in [6, 6.07) is 19.8. The molecule has 0 bridgehead atoms. The van der Waals surface area contributed by atoms with Crippen molar-refractivity contribution in [3.8, 4) is 0 Å². The number of piperidine rings is 1. The molecular formula is C22H24N2O. The Morgan fingerprint density at radius 2 is 1.56 bits per heavy atom. The lowest BCUT2D eigenvalue weighted by Crippen LogP contribution is -2.43. The molecule has 2 aromatic carbocycles. The third kappa shape index (κ3) is 4.70. The zero-order valence-corrected chi connectivity index (χ0v) is 14.5. The van der Waals surface area contributed by atoms with Crippen LogP contribution in [0.15, 0.2) is 60.7 Å². The van der Waals surface area contributed by atoms with Crippen LogP contribution in [0.2, 0.25) is 0 Å². The van der Waals surface area contributed by atoms with Gasteiger partial charge in [-0.05, 0) is 36.3 Å². The molecule has 3 heteroatoms. The molecule has 0 radical (unpaired) electrons. The molecule has 25 heavy (non-hydrogen) atoms. The average molecular weight is 332 g/mol. The number of benzene rings is 2. The topological polar surface area (TPSA) is 24.7 Å². The maximum Gasteiger partial charge on any atom is 0.306 e. The Bertz CT molecular complexity index is 713. The molecule has 2 aromatic rings. The van der Waals surface area contributed by atoms with Gasteiger partial charge in [-0.3, -0.25) is 4.79 Å². The summed E-state index contributed by atoms with van der Waals surface area (Å²) < 4.78 is 0. The zero-order chi connectivity index (χ0) is 17.5. The number of amides is 1. The van der Waals surface area contributed by atoms with E-state index >= 15 is 0 Å². The lowest BCUT2D eigenvalue weighted by atomic mass is 9.90. The molecule has 1 aliphatic rings. The first-order valence-electron chi connectivity index (χ1n) is 8.99. The van der Waals surface area contributed by atoms with Crippen molar-refractivity contribution in [3.05, 3.63) is 83.2 Å². The summed E-state index contributed by atoms with van der Waals surface area (Å²) in [5.74, 6) is 0.629. The second-order valence-electron chi connectivity index (χ2n) is 6.79. The number of carbonyl (C=O) groups is 1. The standard InChI is InChI=1S/C22H24N2O/c1-23-21(17-19-10-6-3-7-11-19)22(25)24-14-12-20(13-15-24)16-18-8-4-2-5-9-18/h2-11,20-21H,12-17H2/t21-/m1/s1. The quantitative estimate of drug-likeness (QED) is 0.760. The molecule has 1 atom stereocenters. The summed E-state index contributed by atoms with van der Waals surface area (Å²) >= 11 is 0. The Labute approximate surface area is 150 Å². The van der Waals surface area contributed by atoms with E-state index in [1.165, 1.54) is 5.56 Å². The highest BCUT2D eigenvalue weighted by atomic mass is 16.2. The van der Waals surface area contributed by atoms with Gasteiger partial charge in [0, 0.05) is 13.1 Å². The Kier molecular flexibility index (Phi) is 5.85. The predicted molar refractivity (Wildman–Crippen MR) is 100.0 cm³/mol. The van der Waals surface area contributed by atoms with Crippen molar-refractivity contribution in [2.24, 2.45) is 5.92 Å². The predicted octanol–water partition coefficient (Wildman–Crippen LogP) is 4.00. The van der Waals surface area contributed by atoms with Crippen LogP contribution in [-0.4, -0.2) is 29.9 Å². The number of rotatable bonds is 5. The van der Waals surface area contributed by atoms with Crippen molar-refractivity contribution in [2.45, 2.75) is 31.7 Å². The zero-order valence-electron chi connectivity index (χ0n) is 14.5. The fraction of sp³-hybridized carbons (Fsp3) is 0.364. The average Bonchev–Trinajstić information content (AvgIpc) is 2.68. The van der Waals surface area contributed by atoms with Gasteiger partial charge < -0.3 is 9.74 Å². The lowest BCUT2D eigenvalue weighted by Gasteiger charge is -2.32. The van der Waals surface area contributed by atoms with Gasteiger partial charge in [0.1, 0.15) is 0 Å². The second kappa shape index (κ2) is 8.48. The summed E-state index contributed by atoms with van der Waals surface area (Å²) in [6.07, 6.45) is 3.64. The summed E-state index contributed by atoms with van der Waals surface area (Å²) in [4.78, 5) is 18.2. The van der Waals surface area contributed by atoms with Crippen LogP contribution in [0.25, 0.3) is 4.85 Å². The molecule has 1 fully saturated rings. The number of likely N-dealkylation sites (tertiary alicyclic amines) is 1. The Morgan fingerprint density at radius 1 is 1.00 bits per heavy atom. The minimum absolute atomic E-state index is 0.00276. The van der Waals surface area contributed by atoms with E-state index in [0.29, 0.717) is 12.3 Å². The fourth-order valence-corrected chi connectivity index (χ4v) is 3.54. The van der Waals surface area contributed by atoms with Crippen LogP contribution in [0.1, 0.15) is 24.0 Å². The van der Waals surface area contributed by atoms with Crippen molar-refractivity contribution in [1.29, 1.82) is 0 Å². The first kappa shape index (κ1) is 17.2. The minimum atomic E-state index is -0.590. The molecule has 1 aliphatic heterocycles.